The van der Waals surface area contributed by atoms with Gasteiger partial charge >= 0.3 is 0 Å². The second-order valence-electron chi connectivity index (χ2n) is 13.2. The molecule has 196 valence electrons. The molecule has 2 aromatic rings. The number of rotatable bonds is 2. The van der Waals surface area contributed by atoms with Crippen LogP contribution in [0.15, 0.2) is 60.0 Å². The van der Waals surface area contributed by atoms with Gasteiger partial charge in [-0.2, -0.15) is 4.65 Å². The minimum absolute atomic E-state index is 0.0690. The van der Waals surface area contributed by atoms with E-state index in [0.717, 1.165) is 37.7 Å². The Kier molecular flexibility index (Phi) is 5.49. The van der Waals surface area contributed by atoms with Crippen LogP contribution < -0.4 is 0 Å². The Morgan fingerprint density at radius 1 is 1.08 bits per heavy atom. The van der Waals surface area contributed by atoms with Gasteiger partial charge in [-0.1, -0.05) is 31.2 Å². The largest absolute Gasteiger partial charge is 0.385 e. The monoisotopic (exact) mass is 503 g/mol. The predicted octanol–water partition coefficient (Wildman–Crippen LogP) is 6.63. The smallest absolute Gasteiger partial charge is 0.157 e. The summed E-state index contributed by atoms with van der Waals surface area (Å²) in [6.07, 6.45) is 15.6. The Balaban J connectivity index is 1.15. The van der Waals surface area contributed by atoms with Crippen molar-refractivity contribution in [3.05, 3.63) is 65.5 Å². The van der Waals surface area contributed by atoms with Crippen molar-refractivity contribution in [2.75, 3.05) is 13.1 Å². The second-order valence-corrected chi connectivity index (χ2v) is 13.2. The molecule has 2 heterocycles. The van der Waals surface area contributed by atoms with E-state index in [1.54, 1.807) is 0 Å². The maximum absolute atomic E-state index is 14.0. The Bertz CT molecular complexity index is 1290. The average Bonchev–Trinajstić information content (AvgIpc) is 3.38. The van der Waals surface area contributed by atoms with Crippen molar-refractivity contribution < 1.29 is 19.4 Å². The molecule has 8 atom stereocenters. The number of fused-ring (bicyclic) bond motifs is 5. The van der Waals surface area contributed by atoms with Crippen molar-refractivity contribution in [2.45, 2.75) is 88.4 Å². The first kappa shape index (κ1) is 24.0. The van der Waals surface area contributed by atoms with Crippen LogP contribution >= 0.6 is 0 Å². The number of halogens is 1. The van der Waals surface area contributed by atoms with Crippen LogP contribution in [0.3, 0.4) is 0 Å². The van der Waals surface area contributed by atoms with Gasteiger partial charge in [-0.05, 0) is 95.9 Å². The Morgan fingerprint density at radius 2 is 1.97 bits per heavy atom. The molecule has 1 aromatic heterocycles. The minimum atomic E-state index is -0.925. The third kappa shape index (κ3) is 3.76. The van der Waals surface area contributed by atoms with Crippen LogP contribution in [0, 0.1) is 17.3 Å². The van der Waals surface area contributed by atoms with Gasteiger partial charge < -0.3 is 5.11 Å². The topological polar surface area (TPSA) is 53.4 Å². The molecule has 2 saturated carbocycles. The van der Waals surface area contributed by atoms with E-state index >= 15 is 0 Å². The second kappa shape index (κ2) is 8.46. The maximum atomic E-state index is 14.0. The summed E-state index contributed by atoms with van der Waals surface area (Å²) in [5.74, 6) is 1.62. The number of benzene rings is 1. The Labute approximate surface area is 219 Å². The summed E-state index contributed by atoms with van der Waals surface area (Å²) in [6, 6.07) is 8.96. The molecule has 37 heavy (non-hydrogen) atoms. The quantitative estimate of drug-likeness (QED) is 0.452. The number of alkyl halides is 1. The zero-order valence-electron chi connectivity index (χ0n) is 22.0. The molecule has 5 heteroatoms. The molecule has 7 rings (SSSR count). The van der Waals surface area contributed by atoms with Crippen molar-refractivity contribution in [1.29, 1.82) is 0 Å². The van der Waals surface area contributed by atoms with Gasteiger partial charge in [-0.15, -0.1) is 0 Å². The van der Waals surface area contributed by atoms with Gasteiger partial charge in [0, 0.05) is 37.0 Å². The molecule has 1 saturated heterocycles. The Morgan fingerprint density at radius 3 is 2.81 bits per heavy atom. The van der Waals surface area contributed by atoms with E-state index in [1.165, 1.54) is 34.8 Å². The van der Waals surface area contributed by atoms with Gasteiger partial charge in [-0.3, -0.25) is 4.98 Å². The molecule has 4 aliphatic carbocycles. The average molecular weight is 504 g/mol. The lowest BCUT2D eigenvalue weighted by Gasteiger charge is -2.45. The Hall–Kier alpha value is -2.08. The van der Waals surface area contributed by atoms with E-state index in [-0.39, 0.29) is 22.6 Å². The minimum Gasteiger partial charge on any atom is -0.385 e. The maximum Gasteiger partial charge on any atom is 0.157 e. The molecule has 0 radical (unpaired) electrons. The van der Waals surface area contributed by atoms with Crippen LogP contribution in [-0.4, -0.2) is 50.8 Å². The number of hydrogen-bond donors (Lipinski definition) is 2. The zero-order chi connectivity index (χ0) is 25.4. The standard InChI is InChI=1S/C32H40FN2O2/c1-31-12-8-22-17-25-4-5-27(35(37)15-11-26(33)20-35)18-32(25,36)13-9-28(22)30(31)7-6-29(31)23-3-2-21-10-14-34-19-24(21)16-23/h2-3,8,10,14,16-17,19,26-30,36-37H,4-7,9,11-13,15,18,20H2,1H3/q+1. The summed E-state index contributed by atoms with van der Waals surface area (Å²) >= 11 is 0. The van der Waals surface area contributed by atoms with E-state index in [4.69, 9.17) is 0 Å². The van der Waals surface area contributed by atoms with Crippen molar-refractivity contribution >= 4 is 10.8 Å². The molecule has 4 nitrogen and oxygen atoms in total. The molecule has 3 fully saturated rings. The molecule has 0 amide bonds. The van der Waals surface area contributed by atoms with E-state index in [1.807, 2.05) is 12.4 Å². The first-order valence-corrected chi connectivity index (χ1v) is 14.5. The normalized spacial score (nSPS) is 43.4. The number of hydroxylamine groups is 3. The number of nitrogens with zero attached hydrogens (tertiary/aromatic N) is 2. The number of likely N-dealkylation sites (tertiary alicyclic amines) is 1. The summed E-state index contributed by atoms with van der Waals surface area (Å²) in [5, 5.41) is 25.6. The number of aliphatic hydroxyl groups is 1. The SMILES string of the molecule is CC12CC=C3C=C4CCC([N+]5(O)CCC(F)C5)CC4(O)CCC3C1CCC2c1ccc2ccncc2c1. The van der Waals surface area contributed by atoms with Gasteiger partial charge in [-0.25, -0.2) is 9.60 Å². The lowest BCUT2D eigenvalue weighted by atomic mass is 9.60. The van der Waals surface area contributed by atoms with Crippen LogP contribution in [0.5, 0.6) is 0 Å². The van der Waals surface area contributed by atoms with Crippen molar-refractivity contribution in [3.8, 4) is 0 Å². The molecule has 8 unspecified atom stereocenters. The number of allylic oxidation sites excluding steroid dienone is 3. The van der Waals surface area contributed by atoms with Gasteiger partial charge in [0.2, 0.25) is 0 Å². The lowest BCUT2D eigenvalue weighted by molar-refractivity contribution is -1.11. The highest BCUT2D eigenvalue weighted by Gasteiger charge is 2.55. The summed E-state index contributed by atoms with van der Waals surface area (Å²) in [4.78, 5) is 4.35. The highest BCUT2D eigenvalue weighted by molar-refractivity contribution is 5.82. The van der Waals surface area contributed by atoms with Crippen LogP contribution in [-0.2, 0) is 0 Å². The molecule has 5 aliphatic rings. The van der Waals surface area contributed by atoms with E-state index in [9.17, 15) is 14.7 Å². The van der Waals surface area contributed by atoms with Crippen LogP contribution in [0.25, 0.3) is 10.8 Å². The van der Waals surface area contributed by atoms with E-state index < -0.39 is 11.8 Å². The van der Waals surface area contributed by atoms with Gasteiger partial charge in [0.1, 0.15) is 19.1 Å². The van der Waals surface area contributed by atoms with Gasteiger partial charge in [0.05, 0.1) is 5.60 Å². The predicted molar refractivity (Wildman–Crippen MR) is 143 cm³/mol. The first-order valence-electron chi connectivity index (χ1n) is 14.5. The van der Waals surface area contributed by atoms with E-state index in [2.05, 4.69) is 48.3 Å². The molecule has 1 aliphatic heterocycles. The highest BCUT2D eigenvalue weighted by Crippen LogP contribution is 2.63. The molecule has 2 N–H and O–H groups in total. The van der Waals surface area contributed by atoms with Crippen LogP contribution in [0.1, 0.15) is 76.2 Å². The fraction of sp³-hybridized carbons (Fsp3) is 0.594. The fourth-order valence-electron chi connectivity index (χ4n) is 9.21. The number of quaternary nitrogens is 1. The van der Waals surface area contributed by atoms with Crippen LogP contribution in [0.2, 0.25) is 0 Å². The highest BCUT2D eigenvalue weighted by atomic mass is 19.1. The van der Waals surface area contributed by atoms with Gasteiger partial charge in [0.15, 0.2) is 6.17 Å². The number of pyridine rings is 1. The first-order chi connectivity index (χ1) is 17.8. The third-order valence-corrected chi connectivity index (χ3v) is 11.3. The number of hydrogen-bond acceptors (Lipinski definition) is 3. The fourth-order valence-corrected chi connectivity index (χ4v) is 9.21. The van der Waals surface area contributed by atoms with Crippen molar-refractivity contribution in [1.82, 2.24) is 4.98 Å². The lowest BCUT2D eigenvalue weighted by Crippen LogP contribution is -2.56. The molecular weight excluding hydrogens is 463 g/mol. The summed E-state index contributed by atoms with van der Waals surface area (Å²) in [6.45, 7) is 3.16. The van der Waals surface area contributed by atoms with Crippen molar-refractivity contribution in [2.24, 2.45) is 17.3 Å². The van der Waals surface area contributed by atoms with Crippen molar-refractivity contribution in [3.63, 3.8) is 0 Å². The summed E-state index contributed by atoms with van der Waals surface area (Å²) < 4.78 is 13.8. The zero-order valence-corrected chi connectivity index (χ0v) is 22.0. The summed E-state index contributed by atoms with van der Waals surface area (Å²) in [7, 11) is 0. The molecule has 0 bridgehead atoms. The molecule has 0 spiro atoms. The third-order valence-electron chi connectivity index (χ3n) is 11.3. The molecular formula is C32H40FN2O2+. The summed E-state index contributed by atoms with van der Waals surface area (Å²) in [5.41, 5.74) is 3.38. The number of aromatic nitrogens is 1. The van der Waals surface area contributed by atoms with Gasteiger partial charge in [0.25, 0.3) is 0 Å². The molecule has 1 aromatic carbocycles. The van der Waals surface area contributed by atoms with Crippen LogP contribution in [0.4, 0.5) is 4.39 Å². The van der Waals surface area contributed by atoms with E-state index in [0.29, 0.717) is 37.1 Å².